The predicted octanol–water partition coefficient (Wildman–Crippen LogP) is 3.73. The number of carbonyl (C=O) groups excluding carboxylic acids is 1. The van der Waals surface area contributed by atoms with E-state index in [-0.39, 0.29) is 11.7 Å². The van der Waals surface area contributed by atoms with Gasteiger partial charge < -0.3 is 10.2 Å². The normalized spacial score (nSPS) is 20.2. The van der Waals surface area contributed by atoms with Gasteiger partial charge in [-0.1, -0.05) is 37.7 Å². The Morgan fingerprint density at radius 1 is 1.42 bits per heavy atom. The Morgan fingerprint density at radius 3 is 2.77 bits per heavy atom. The maximum Gasteiger partial charge on any atom is 0.307 e. The summed E-state index contributed by atoms with van der Waals surface area (Å²) in [5.41, 5.74) is -1.21. The maximum absolute atomic E-state index is 11.8. The summed E-state index contributed by atoms with van der Waals surface area (Å²) < 4.78 is 0. The van der Waals surface area contributed by atoms with Gasteiger partial charge in [-0.3, -0.25) is 9.59 Å². The topological polar surface area (TPSA) is 74.6 Å². The zero-order valence-electron chi connectivity index (χ0n) is 15.7. The number of ketones is 1. The van der Waals surface area contributed by atoms with E-state index in [4.69, 9.17) is 6.42 Å². The van der Waals surface area contributed by atoms with Crippen LogP contribution in [0.25, 0.3) is 0 Å². The van der Waals surface area contributed by atoms with Crippen LogP contribution < -0.4 is 0 Å². The Morgan fingerprint density at radius 2 is 2.19 bits per heavy atom. The molecule has 142 valence electrons. The fourth-order valence-electron chi connectivity index (χ4n) is 3.31. The number of hydrogen-bond donors (Lipinski definition) is 2. The standard InChI is InChI=1S/C22H30O4/c1-3-5-10-16-22(26,4-2)17-11-8-6-7-9-13-19(21(24)25)18-14-12-15-20(18)23/h2,11,17-19,26H,3,5,8-10,12-16H2,1H3,(H,24,25)/b17-11+/t18-,19+,22+/m1/s1. The molecule has 0 amide bonds. The zero-order valence-corrected chi connectivity index (χ0v) is 15.7. The largest absolute Gasteiger partial charge is 0.481 e. The van der Waals surface area contributed by atoms with Crippen LogP contribution in [0.3, 0.4) is 0 Å². The van der Waals surface area contributed by atoms with Gasteiger partial charge in [0.2, 0.25) is 0 Å². The number of carbonyl (C=O) groups is 2. The Bertz CT molecular complexity index is 602. The van der Waals surface area contributed by atoms with Crippen molar-refractivity contribution < 1.29 is 19.8 Å². The number of allylic oxidation sites excluding steroid dienone is 1. The Hall–Kier alpha value is -2.04. The number of rotatable bonds is 10. The summed E-state index contributed by atoms with van der Waals surface area (Å²) >= 11 is 0. The van der Waals surface area contributed by atoms with Crippen molar-refractivity contribution in [3.05, 3.63) is 12.2 Å². The van der Waals surface area contributed by atoms with Crippen LogP contribution >= 0.6 is 0 Å². The van der Waals surface area contributed by atoms with Gasteiger partial charge in [0, 0.05) is 25.2 Å². The molecule has 0 unspecified atom stereocenters. The van der Waals surface area contributed by atoms with Gasteiger partial charge in [0.15, 0.2) is 0 Å². The van der Waals surface area contributed by atoms with Crippen LogP contribution in [0.1, 0.15) is 71.1 Å². The van der Waals surface area contributed by atoms with E-state index in [0.717, 1.165) is 25.7 Å². The average molecular weight is 358 g/mol. The molecule has 1 fully saturated rings. The summed E-state index contributed by atoms with van der Waals surface area (Å²) in [6, 6.07) is 0. The first-order valence-corrected chi connectivity index (χ1v) is 9.52. The molecule has 1 aliphatic carbocycles. The predicted molar refractivity (Wildman–Crippen MR) is 102 cm³/mol. The number of terminal acetylenes is 1. The molecule has 1 aliphatic rings. The zero-order chi connectivity index (χ0) is 19.4. The lowest BCUT2D eigenvalue weighted by molar-refractivity contribution is -0.146. The highest BCUT2D eigenvalue weighted by atomic mass is 16.4. The van der Waals surface area contributed by atoms with Crippen LogP contribution in [-0.2, 0) is 9.59 Å². The fraction of sp³-hybridized carbons (Fsp3) is 0.636. The minimum absolute atomic E-state index is 0.0740. The second-order valence-electron chi connectivity index (χ2n) is 6.93. The first-order valence-electron chi connectivity index (χ1n) is 9.52. The molecular weight excluding hydrogens is 328 g/mol. The van der Waals surface area contributed by atoms with Crippen molar-refractivity contribution in [2.45, 2.75) is 76.7 Å². The number of aliphatic carboxylic acids is 1. The summed E-state index contributed by atoms with van der Waals surface area (Å²) in [4.78, 5) is 23.2. The number of carboxylic acid groups (broad SMARTS) is 1. The molecule has 0 heterocycles. The third kappa shape index (κ3) is 7.46. The number of Topliss-reactive ketones (excluding diaryl/α,β-unsaturated/α-hetero) is 1. The van der Waals surface area contributed by atoms with Gasteiger partial charge in [-0.05, 0) is 38.2 Å². The lowest BCUT2D eigenvalue weighted by Crippen LogP contribution is -2.26. The summed E-state index contributed by atoms with van der Waals surface area (Å²) in [6.45, 7) is 2.10. The summed E-state index contributed by atoms with van der Waals surface area (Å²) in [7, 11) is 0. The second kappa shape index (κ2) is 11.6. The van der Waals surface area contributed by atoms with Crippen molar-refractivity contribution in [2.24, 2.45) is 11.8 Å². The minimum atomic E-state index is -1.21. The van der Waals surface area contributed by atoms with Gasteiger partial charge in [-0.2, -0.15) is 0 Å². The van der Waals surface area contributed by atoms with Crippen molar-refractivity contribution in [1.29, 1.82) is 0 Å². The van der Waals surface area contributed by atoms with Crippen LogP contribution in [0.15, 0.2) is 12.2 Å². The van der Waals surface area contributed by atoms with E-state index in [1.807, 2.05) is 0 Å². The van der Waals surface area contributed by atoms with E-state index in [0.29, 0.717) is 38.5 Å². The highest BCUT2D eigenvalue weighted by Crippen LogP contribution is 2.31. The SMILES string of the molecule is C#C[C@@](O)(/C=C/CC#CCC[C@H](C(=O)O)[C@H]1CCCC1=O)CCCCC. The van der Waals surface area contributed by atoms with E-state index in [1.165, 1.54) is 0 Å². The first-order chi connectivity index (χ1) is 12.4. The molecule has 4 heteroatoms. The summed E-state index contributed by atoms with van der Waals surface area (Å²) in [6.07, 6.45) is 15.6. The number of aliphatic hydroxyl groups is 1. The Balaban J connectivity index is 2.42. The van der Waals surface area contributed by atoms with E-state index >= 15 is 0 Å². The molecule has 3 atom stereocenters. The van der Waals surface area contributed by atoms with Crippen molar-refractivity contribution in [3.8, 4) is 24.2 Å². The maximum atomic E-state index is 11.8. The van der Waals surface area contributed by atoms with Crippen molar-refractivity contribution in [3.63, 3.8) is 0 Å². The molecule has 0 radical (unpaired) electrons. The average Bonchev–Trinajstić information content (AvgIpc) is 3.03. The molecule has 0 saturated heterocycles. The third-order valence-electron chi connectivity index (χ3n) is 4.89. The molecule has 26 heavy (non-hydrogen) atoms. The third-order valence-corrected chi connectivity index (χ3v) is 4.89. The van der Waals surface area contributed by atoms with Gasteiger partial charge in [0.05, 0.1) is 5.92 Å². The van der Waals surface area contributed by atoms with E-state index in [1.54, 1.807) is 12.2 Å². The quantitative estimate of drug-likeness (QED) is 0.354. The first kappa shape index (κ1) is 22.0. The number of hydrogen-bond acceptors (Lipinski definition) is 3. The van der Waals surface area contributed by atoms with Gasteiger partial charge >= 0.3 is 5.97 Å². The van der Waals surface area contributed by atoms with Crippen LogP contribution in [0.2, 0.25) is 0 Å². The van der Waals surface area contributed by atoms with E-state index in [9.17, 15) is 19.8 Å². The minimum Gasteiger partial charge on any atom is -0.481 e. The van der Waals surface area contributed by atoms with E-state index < -0.39 is 17.5 Å². The summed E-state index contributed by atoms with van der Waals surface area (Å²) in [5, 5.41) is 19.6. The molecule has 0 aliphatic heterocycles. The van der Waals surface area contributed by atoms with Crippen molar-refractivity contribution in [1.82, 2.24) is 0 Å². The lowest BCUT2D eigenvalue weighted by atomic mass is 9.86. The van der Waals surface area contributed by atoms with Crippen LogP contribution in [-0.4, -0.2) is 27.6 Å². The molecule has 0 aromatic rings. The number of unbranched alkanes of at least 4 members (excludes halogenated alkanes) is 2. The van der Waals surface area contributed by atoms with Gasteiger partial charge in [-0.15, -0.1) is 12.3 Å². The highest BCUT2D eigenvalue weighted by Gasteiger charge is 2.35. The summed E-state index contributed by atoms with van der Waals surface area (Å²) in [5.74, 6) is 6.53. The molecule has 0 spiro atoms. The van der Waals surface area contributed by atoms with Crippen molar-refractivity contribution >= 4 is 11.8 Å². The van der Waals surface area contributed by atoms with Crippen LogP contribution in [0.4, 0.5) is 0 Å². The van der Waals surface area contributed by atoms with Gasteiger partial charge in [-0.25, -0.2) is 0 Å². The van der Waals surface area contributed by atoms with E-state index in [2.05, 4.69) is 24.7 Å². The molecule has 4 nitrogen and oxygen atoms in total. The highest BCUT2D eigenvalue weighted by molar-refractivity contribution is 5.87. The number of carboxylic acids is 1. The molecule has 0 aromatic carbocycles. The van der Waals surface area contributed by atoms with Gasteiger partial charge in [0.1, 0.15) is 11.4 Å². The van der Waals surface area contributed by atoms with Crippen LogP contribution in [0.5, 0.6) is 0 Å². The molecule has 1 rings (SSSR count). The van der Waals surface area contributed by atoms with Crippen molar-refractivity contribution in [2.75, 3.05) is 0 Å². The fourth-order valence-corrected chi connectivity index (χ4v) is 3.31. The Kier molecular flexibility index (Phi) is 9.78. The van der Waals surface area contributed by atoms with Crippen LogP contribution in [0, 0.1) is 36.0 Å². The molecule has 2 N–H and O–H groups in total. The Labute approximate surface area is 157 Å². The smallest absolute Gasteiger partial charge is 0.307 e. The molecule has 0 bridgehead atoms. The lowest BCUT2D eigenvalue weighted by Gasteiger charge is -2.17. The monoisotopic (exact) mass is 358 g/mol. The molecule has 0 aromatic heterocycles. The molecule has 1 saturated carbocycles. The molecular formula is C22H30O4. The van der Waals surface area contributed by atoms with Gasteiger partial charge in [0.25, 0.3) is 0 Å². The second-order valence-corrected chi connectivity index (χ2v) is 6.93.